The molecule has 0 saturated carbocycles. The molecule has 1 heterocycles. The van der Waals surface area contributed by atoms with Gasteiger partial charge in [-0.3, -0.25) is 4.79 Å². The first-order valence-corrected chi connectivity index (χ1v) is 6.52. The number of benzene rings is 1. The number of hydrogen-bond acceptors (Lipinski definition) is 2. The second-order valence-corrected chi connectivity index (χ2v) is 5.06. The van der Waals surface area contributed by atoms with Crippen molar-refractivity contribution >= 4 is 29.1 Å². The maximum atomic E-state index is 12.2. The summed E-state index contributed by atoms with van der Waals surface area (Å²) < 4.78 is 5.12. The zero-order valence-electron chi connectivity index (χ0n) is 10.6. The van der Waals surface area contributed by atoms with Crippen LogP contribution in [-0.4, -0.2) is 17.9 Å². The van der Waals surface area contributed by atoms with Crippen molar-refractivity contribution in [2.24, 2.45) is 0 Å². The Kier molecular flexibility index (Phi) is 4.17. The van der Waals surface area contributed by atoms with E-state index >= 15 is 0 Å². The number of carbonyl (C=O) groups is 1. The molecule has 1 aromatic carbocycles. The fourth-order valence-corrected chi connectivity index (χ4v) is 2.02. The normalized spacial score (nSPS) is 12.2. The molecular formula is C14H13Cl2NO2. The molecule has 0 N–H and O–H groups in total. The molecule has 2 rings (SSSR count). The van der Waals surface area contributed by atoms with Gasteiger partial charge in [0.1, 0.15) is 0 Å². The number of halogens is 2. The molecule has 0 bridgehead atoms. The highest BCUT2D eigenvalue weighted by Gasteiger charge is 2.21. The minimum Gasteiger partial charge on any atom is -0.440 e. The lowest BCUT2D eigenvalue weighted by atomic mass is 10.1. The predicted octanol–water partition coefficient (Wildman–Crippen LogP) is 4.42. The van der Waals surface area contributed by atoms with Crippen LogP contribution in [0.5, 0.6) is 0 Å². The van der Waals surface area contributed by atoms with Gasteiger partial charge in [0.15, 0.2) is 11.0 Å². The molecule has 0 fully saturated rings. The summed E-state index contributed by atoms with van der Waals surface area (Å²) in [6, 6.07) is 10.4. The van der Waals surface area contributed by atoms with Gasteiger partial charge in [0.25, 0.3) is 5.91 Å². The van der Waals surface area contributed by atoms with Crippen molar-refractivity contribution in [1.29, 1.82) is 0 Å². The maximum Gasteiger partial charge on any atom is 0.289 e. The summed E-state index contributed by atoms with van der Waals surface area (Å²) in [6.45, 7) is 1.94. The molecule has 0 spiro atoms. The molecule has 1 amide bonds. The number of rotatable bonds is 3. The highest BCUT2D eigenvalue weighted by molar-refractivity contribution is 6.30. The zero-order chi connectivity index (χ0) is 14.0. The lowest BCUT2D eigenvalue weighted by Crippen LogP contribution is -2.29. The highest BCUT2D eigenvalue weighted by atomic mass is 35.5. The highest BCUT2D eigenvalue weighted by Crippen LogP contribution is 2.23. The predicted molar refractivity (Wildman–Crippen MR) is 75.7 cm³/mol. The van der Waals surface area contributed by atoms with Crippen LogP contribution in [0.25, 0.3) is 0 Å². The topological polar surface area (TPSA) is 33.5 Å². The quantitative estimate of drug-likeness (QED) is 0.840. The van der Waals surface area contributed by atoms with Crippen LogP contribution < -0.4 is 0 Å². The zero-order valence-corrected chi connectivity index (χ0v) is 12.1. The third kappa shape index (κ3) is 3.11. The number of nitrogens with zero attached hydrogens (tertiary/aromatic N) is 1. The third-order valence-corrected chi connectivity index (χ3v) is 3.49. The van der Waals surface area contributed by atoms with E-state index in [2.05, 4.69) is 0 Å². The van der Waals surface area contributed by atoms with Crippen LogP contribution in [0.15, 0.2) is 40.8 Å². The molecule has 0 aliphatic rings. The Balaban J connectivity index is 2.16. The number of hydrogen-bond donors (Lipinski definition) is 0. The fraction of sp³-hybridized carbons (Fsp3) is 0.214. The SMILES string of the molecule is CC(c1ccc(Cl)cc1)N(C)C(=O)c1ccc(Cl)o1. The Morgan fingerprint density at radius 3 is 2.32 bits per heavy atom. The fourth-order valence-electron chi connectivity index (χ4n) is 1.74. The van der Waals surface area contributed by atoms with Crippen molar-refractivity contribution < 1.29 is 9.21 Å². The summed E-state index contributed by atoms with van der Waals surface area (Å²) >= 11 is 11.5. The van der Waals surface area contributed by atoms with Crippen LogP contribution in [0, 0.1) is 0 Å². The lowest BCUT2D eigenvalue weighted by molar-refractivity contribution is 0.0710. The molecule has 3 nitrogen and oxygen atoms in total. The first-order chi connectivity index (χ1) is 8.99. The minimum absolute atomic E-state index is 0.0892. The first-order valence-electron chi connectivity index (χ1n) is 5.77. The van der Waals surface area contributed by atoms with Gasteiger partial charge in [-0.2, -0.15) is 0 Å². The van der Waals surface area contributed by atoms with Gasteiger partial charge < -0.3 is 9.32 Å². The Bertz CT molecular complexity index is 577. The second-order valence-electron chi connectivity index (χ2n) is 4.25. The molecular weight excluding hydrogens is 285 g/mol. The largest absolute Gasteiger partial charge is 0.440 e. The summed E-state index contributed by atoms with van der Waals surface area (Å²) in [6.07, 6.45) is 0. The Labute approximate surface area is 121 Å². The summed E-state index contributed by atoms with van der Waals surface area (Å²) in [4.78, 5) is 13.8. The van der Waals surface area contributed by atoms with E-state index in [1.165, 1.54) is 0 Å². The van der Waals surface area contributed by atoms with E-state index in [4.69, 9.17) is 27.6 Å². The van der Waals surface area contributed by atoms with Crippen molar-refractivity contribution in [2.75, 3.05) is 7.05 Å². The van der Waals surface area contributed by atoms with E-state index < -0.39 is 0 Å². The Hall–Kier alpha value is -1.45. The van der Waals surface area contributed by atoms with Crippen LogP contribution in [-0.2, 0) is 0 Å². The van der Waals surface area contributed by atoms with E-state index in [0.717, 1.165) is 5.56 Å². The summed E-state index contributed by atoms with van der Waals surface area (Å²) in [5.74, 6) is 0.0164. The van der Waals surface area contributed by atoms with Gasteiger partial charge in [0.2, 0.25) is 0 Å². The average Bonchev–Trinajstić information content (AvgIpc) is 2.84. The molecule has 0 aliphatic heterocycles. The van der Waals surface area contributed by atoms with Crippen LogP contribution in [0.3, 0.4) is 0 Å². The Morgan fingerprint density at radius 2 is 1.79 bits per heavy atom. The smallest absolute Gasteiger partial charge is 0.289 e. The van der Waals surface area contributed by atoms with Gasteiger partial charge in [0.05, 0.1) is 6.04 Å². The number of carbonyl (C=O) groups excluding carboxylic acids is 1. The van der Waals surface area contributed by atoms with E-state index in [-0.39, 0.29) is 22.9 Å². The van der Waals surface area contributed by atoms with E-state index in [1.54, 1.807) is 36.2 Å². The Morgan fingerprint density at radius 1 is 1.16 bits per heavy atom. The molecule has 100 valence electrons. The van der Waals surface area contributed by atoms with E-state index in [1.807, 2.05) is 19.1 Å². The number of amides is 1. The van der Waals surface area contributed by atoms with Crippen LogP contribution >= 0.6 is 23.2 Å². The van der Waals surface area contributed by atoms with Crippen molar-refractivity contribution in [2.45, 2.75) is 13.0 Å². The van der Waals surface area contributed by atoms with E-state index in [9.17, 15) is 4.79 Å². The van der Waals surface area contributed by atoms with Crippen LogP contribution in [0.4, 0.5) is 0 Å². The molecule has 2 aromatic rings. The van der Waals surface area contributed by atoms with Crippen molar-refractivity contribution in [3.05, 3.63) is 58.0 Å². The maximum absolute atomic E-state index is 12.2. The van der Waals surface area contributed by atoms with Crippen molar-refractivity contribution in [3.63, 3.8) is 0 Å². The van der Waals surface area contributed by atoms with Gasteiger partial charge in [-0.15, -0.1) is 0 Å². The van der Waals surface area contributed by atoms with Gasteiger partial charge in [-0.25, -0.2) is 0 Å². The molecule has 5 heteroatoms. The first kappa shape index (κ1) is 14.0. The van der Waals surface area contributed by atoms with Crippen LogP contribution in [0.2, 0.25) is 10.2 Å². The van der Waals surface area contributed by atoms with Crippen LogP contribution in [0.1, 0.15) is 29.1 Å². The van der Waals surface area contributed by atoms with Gasteiger partial charge >= 0.3 is 0 Å². The molecule has 0 aliphatic carbocycles. The minimum atomic E-state index is -0.214. The van der Waals surface area contributed by atoms with Crippen molar-refractivity contribution in [1.82, 2.24) is 4.90 Å². The van der Waals surface area contributed by atoms with Gasteiger partial charge in [-0.05, 0) is 48.4 Å². The molecule has 1 unspecified atom stereocenters. The monoisotopic (exact) mass is 297 g/mol. The lowest BCUT2D eigenvalue weighted by Gasteiger charge is -2.24. The van der Waals surface area contributed by atoms with E-state index in [0.29, 0.717) is 5.02 Å². The summed E-state index contributed by atoms with van der Waals surface area (Å²) in [7, 11) is 1.72. The summed E-state index contributed by atoms with van der Waals surface area (Å²) in [5, 5.41) is 0.874. The molecule has 1 atom stereocenters. The number of furan rings is 1. The molecule has 0 saturated heterocycles. The molecule has 19 heavy (non-hydrogen) atoms. The molecule has 1 aromatic heterocycles. The second kappa shape index (κ2) is 5.68. The molecule has 0 radical (unpaired) electrons. The van der Waals surface area contributed by atoms with Gasteiger partial charge in [0, 0.05) is 12.1 Å². The third-order valence-electron chi connectivity index (χ3n) is 3.04. The standard InChI is InChI=1S/C14H13Cl2NO2/c1-9(10-3-5-11(15)6-4-10)17(2)14(18)12-7-8-13(16)19-12/h3-9H,1-2H3. The van der Waals surface area contributed by atoms with Crippen molar-refractivity contribution in [3.8, 4) is 0 Å². The average molecular weight is 298 g/mol. The van der Waals surface area contributed by atoms with Gasteiger partial charge in [-0.1, -0.05) is 23.7 Å². The summed E-state index contributed by atoms with van der Waals surface area (Å²) in [5.41, 5.74) is 0.998.